The van der Waals surface area contributed by atoms with Crippen LogP contribution in [0, 0.1) is 6.92 Å². The van der Waals surface area contributed by atoms with E-state index in [2.05, 4.69) is 5.32 Å². The van der Waals surface area contributed by atoms with Crippen LogP contribution < -0.4 is 5.32 Å². The standard InChI is InChI=1S/C20H22N2O7S/c1-13-5-6-14(10-16(13)21-19(24)17-4-3-8-28-17)20(25)29-11-18(23)22(2)15-7-9-30(26,27)12-15/h3-6,8,10,15H,7,9,11-12H2,1-2H3,(H,21,24). The van der Waals surface area contributed by atoms with Crippen LogP contribution >= 0.6 is 0 Å². The van der Waals surface area contributed by atoms with Crippen molar-refractivity contribution in [2.75, 3.05) is 30.5 Å². The van der Waals surface area contributed by atoms with Crippen molar-refractivity contribution >= 4 is 33.3 Å². The second-order valence-electron chi connectivity index (χ2n) is 7.10. The maximum absolute atomic E-state index is 12.4. The van der Waals surface area contributed by atoms with E-state index in [4.69, 9.17) is 9.15 Å². The number of benzene rings is 1. The van der Waals surface area contributed by atoms with Gasteiger partial charge in [-0.3, -0.25) is 9.59 Å². The number of aryl methyl sites for hydroxylation is 1. The zero-order chi connectivity index (χ0) is 21.9. The van der Waals surface area contributed by atoms with E-state index in [0.29, 0.717) is 12.1 Å². The van der Waals surface area contributed by atoms with Crippen LogP contribution in [0.25, 0.3) is 0 Å². The molecule has 2 aromatic rings. The number of amides is 2. The lowest BCUT2D eigenvalue weighted by Gasteiger charge is -2.23. The number of nitrogens with one attached hydrogen (secondary N) is 1. The highest BCUT2D eigenvalue weighted by Gasteiger charge is 2.33. The van der Waals surface area contributed by atoms with Crippen LogP contribution in [0.4, 0.5) is 5.69 Å². The Balaban J connectivity index is 1.60. The van der Waals surface area contributed by atoms with Crippen LogP contribution in [0.1, 0.15) is 32.9 Å². The Kier molecular flexibility index (Phi) is 6.25. The van der Waals surface area contributed by atoms with Crippen molar-refractivity contribution in [1.82, 2.24) is 4.90 Å². The van der Waals surface area contributed by atoms with Gasteiger partial charge in [-0.05, 0) is 43.2 Å². The molecule has 1 saturated heterocycles. The van der Waals surface area contributed by atoms with Crippen molar-refractivity contribution in [3.8, 4) is 0 Å². The fraction of sp³-hybridized carbons (Fsp3) is 0.350. The quantitative estimate of drug-likeness (QED) is 0.686. The van der Waals surface area contributed by atoms with Crippen molar-refractivity contribution in [3.63, 3.8) is 0 Å². The van der Waals surface area contributed by atoms with E-state index in [1.807, 2.05) is 0 Å². The van der Waals surface area contributed by atoms with Gasteiger partial charge in [0, 0.05) is 18.8 Å². The maximum atomic E-state index is 12.4. The zero-order valence-corrected chi connectivity index (χ0v) is 17.4. The maximum Gasteiger partial charge on any atom is 0.338 e. The number of hydrogen-bond acceptors (Lipinski definition) is 7. The van der Waals surface area contributed by atoms with Gasteiger partial charge in [-0.25, -0.2) is 13.2 Å². The average Bonchev–Trinajstić information content (AvgIpc) is 3.36. The summed E-state index contributed by atoms with van der Waals surface area (Å²) in [6.07, 6.45) is 1.75. The van der Waals surface area contributed by atoms with E-state index in [1.54, 1.807) is 19.1 Å². The van der Waals surface area contributed by atoms with Gasteiger partial charge in [-0.15, -0.1) is 0 Å². The van der Waals surface area contributed by atoms with Gasteiger partial charge in [0.2, 0.25) is 0 Å². The molecule has 9 nitrogen and oxygen atoms in total. The van der Waals surface area contributed by atoms with E-state index in [0.717, 1.165) is 5.56 Å². The first-order chi connectivity index (χ1) is 14.2. The van der Waals surface area contributed by atoms with Gasteiger partial charge in [0.25, 0.3) is 11.8 Å². The molecule has 1 atom stereocenters. The summed E-state index contributed by atoms with van der Waals surface area (Å²) in [6.45, 7) is 1.26. The number of carbonyl (C=O) groups is 3. The third-order valence-electron chi connectivity index (χ3n) is 4.94. The predicted molar refractivity (Wildman–Crippen MR) is 108 cm³/mol. The van der Waals surface area contributed by atoms with Gasteiger partial charge >= 0.3 is 5.97 Å². The van der Waals surface area contributed by atoms with Crippen molar-refractivity contribution in [2.24, 2.45) is 0 Å². The van der Waals surface area contributed by atoms with Gasteiger partial charge < -0.3 is 19.4 Å². The lowest BCUT2D eigenvalue weighted by molar-refractivity contribution is -0.134. The number of likely N-dealkylation sites (N-methyl/N-ethyl adjacent to an activating group) is 1. The summed E-state index contributed by atoms with van der Waals surface area (Å²) in [5.74, 6) is -1.58. The van der Waals surface area contributed by atoms with Crippen LogP contribution in [-0.4, -0.2) is 62.3 Å². The molecular weight excluding hydrogens is 412 g/mol. The Bertz CT molecular complexity index is 1060. The zero-order valence-electron chi connectivity index (χ0n) is 16.6. The second-order valence-corrected chi connectivity index (χ2v) is 9.33. The molecule has 1 aromatic carbocycles. The van der Waals surface area contributed by atoms with Gasteiger partial charge in [0.05, 0.1) is 23.3 Å². The molecule has 1 fully saturated rings. The van der Waals surface area contributed by atoms with E-state index in [9.17, 15) is 22.8 Å². The molecule has 30 heavy (non-hydrogen) atoms. The molecule has 0 saturated carbocycles. The van der Waals surface area contributed by atoms with Crippen molar-refractivity contribution in [2.45, 2.75) is 19.4 Å². The Morgan fingerprint density at radius 2 is 2.03 bits per heavy atom. The predicted octanol–water partition coefficient (Wildman–Crippen LogP) is 1.64. The minimum absolute atomic E-state index is 0.0466. The highest BCUT2D eigenvalue weighted by atomic mass is 32.2. The summed E-state index contributed by atoms with van der Waals surface area (Å²) in [4.78, 5) is 38.1. The van der Waals surface area contributed by atoms with Gasteiger partial charge in [0.1, 0.15) is 0 Å². The number of carbonyl (C=O) groups excluding carboxylic acids is 3. The molecule has 0 aliphatic carbocycles. The van der Waals surface area contributed by atoms with Crippen molar-refractivity contribution in [3.05, 3.63) is 53.5 Å². The molecule has 160 valence electrons. The summed E-state index contributed by atoms with van der Waals surface area (Å²) < 4.78 is 33.3. The fourth-order valence-corrected chi connectivity index (χ4v) is 4.85. The smallest absolute Gasteiger partial charge is 0.338 e. The first-order valence-corrected chi connectivity index (χ1v) is 11.1. The molecule has 1 aliphatic heterocycles. The highest BCUT2D eigenvalue weighted by molar-refractivity contribution is 7.91. The fourth-order valence-electron chi connectivity index (χ4n) is 3.07. The number of anilines is 1. The van der Waals surface area contributed by atoms with Crippen molar-refractivity contribution in [1.29, 1.82) is 0 Å². The summed E-state index contributed by atoms with van der Waals surface area (Å²) >= 11 is 0. The van der Waals surface area contributed by atoms with Crippen LogP contribution in [0.3, 0.4) is 0 Å². The van der Waals surface area contributed by atoms with Crippen LogP contribution in [-0.2, 0) is 19.4 Å². The largest absolute Gasteiger partial charge is 0.459 e. The number of rotatable bonds is 6. The Labute approximate surface area is 173 Å². The topological polar surface area (TPSA) is 123 Å². The molecule has 0 radical (unpaired) electrons. The Morgan fingerprint density at radius 1 is 1.27 bits per heavy atom. The molecule has 1 aliphatic rings. The van der Waals surface area contributed by atoms with Gasteiger partial charge in [0.15, 0.2) is 22.2 Å². The number of esters is 1. The van der Waals surface area contributed by atoms with Crippen molar-refractivity contribution < 1.29 is 32.0 Å². The summed E-state index contributed by atoms with van der Waals surface area (Å²) in [5, 5.41) is 2.66. The van der Waals surface area contributed by atoms with Crippen LogP contribution in [0.15, 0.2) is 41.0 Å². The Hall–Kier alpha value is -3.14. The van der Waals surface area contributed by atoms with Crippen LogP contribution in [0.5, 0.6) is 0 Å². The molecular formula is C20H22N2O7S. The first-order valence-electron chi connectivity index (χ1n) is 9.25. The molecule has 1 aromatic heterocycles. The molecule has 1 N–H and O–H groups in total. The number of sulfone groups is 1. The molecule has 2 amide bonds. The number of nitrogens with zero attached hydrogens (tertiary/aromatic N) is 1. The Morgan fingerprint density at radius 3 is 2.67 bits per heavy atom. The summed E-state index contributed by atoms with van der Waals surface area (Å²) in [6, 6.07) is 7.31. The van der Waals surface area contributed by atoms with E-state index >= 15 is 0 Å². The lowest BCUT2D eigenvalue weighted by atomic mass is 10.1. The van der Waals surface area contributed by atoms with E-state index < -0.39 is 40.3 Å². The molecule has 1 unspecified atom stereocenters. The molecule has 10 heteroatoms. The molecule has 2 heterocycles. The lowest BCUT2D eigenvalue weighted by Crippen LogP contribution is -2.40. The second kappa shape index (κ2) is 8.70. The molecule has 3 rings (SSSR count). The highest BCUT2D eigenvalue weighted by Crippen LogP contribution is 2.20. The monoisotopic (exact) mass is 434 g/mol. The molecule has 0 spiro atoms. The number of ether oxygens (including phenoxy) is 1. The van der Waals surface area contributed by atoms with E-state index in [1.165, 1.54) is 36.4 Å². The van der Waals surface area contributed by atoms with Crippen LogP contribution in [0.2, 0.25) is 0 Å². The molecule has 0 bridgehead atoms. The number of furan rings is 1. The first kappa shape index (κ1) is 21.6. The third kappa shape index (κ3) is 5.07. The summed E-state index contributed by atoms with van der Waals surface area (Å²) in [5.41, 5.74) is 1.30. The number of hydrogen-bond donors (Lipinski definition) is 1. The summed E-state index contributed by atoms with van der Waals surface area (Å²) in [7, 11) is -1.63. The third-order valence-corrected chi connectivity index (χ3v) is 6.69. The minimum atomic E-state index is -3.13. The normalized spacial score (nSPS) is 17.3. The minimum Gasteiger partial charge on any atom is -0.459 e. The van der Waals surface area contributed by atoms with Gasteiger partial charge in [-0.1, -0.05) is 6.07 Å². The van der Waals surface area contributed by atoms with Gasteiger partial charge in [-0.2, -0.15) is 0 Å². The van der Waals surface area contributed by atoms with E-state index in [-0.39, 0.29) is 22.8 Å². The SMILES string of the molecule is Cc1ccc(C(=O)OCC(=O)N(C)C2CCS(=O)(=O)C2)cc1NC(=O)c1ccco1. The average molecular weight is 434 g/mol.